The maximum absolute atomic E-state index is 13.4. The van der Waals surface area contributed by atoms with Gasteiger partial charge in [0.15, 0.2) is 5.49 Å². The van der Waals surface area contributed by atoms with Gasteiger partial charge in [0, 0.05) is 17.1 Å². The molecule has 0 aliphatic carbocycles. The summed E-state index contributed by atoms with van der Waals surface area (Å²) in [6.45, 7) is 2.01. The molecule has 0 fully saturated rings. The summed E-state index contributed by atoms with van der Waals surface area (Å²) in [5, 5.41) is 4.82. The first-order chi connectivity index (χ1) is 13.5. The van der Waals surface area contributed by atoms with Crippen molar-refractivity contribution in [2.45, 2.75) is 6.92 Å². The molecule has 0 aliphatic heterocycles. The largest absolute Gasteiger partial charge is 0.368 e. The van der Waals surface area contributed by atoms with Crippen LogP contribution in [0, 0.1) is 12.7 Å². The molecule has 7 nitrogen and oxygen atoms in total. The fraction of sp³-hybridized carbons (Fsp3) is 0.0500. The SMILES string of the molecule is Cc1ccnc2ccc(-c3c(-c4ccc(F)cc4)nc(N)n(N)/c3=N\N)cc12. The third kappa shape index (κ3) is 2.81. The summed E-state index contributed by atoms with van der Waals surface area (Å²) in [6, 6.07) is 13.7. The highest BCUT2D eigenvalue weighted by Gasteiger charge is 2.17. The monoisotopic (exact) mass is 375 g/mol. The topological polar surface area (TPSA) is 121 Å². The van der Waals surface area contributed by atoms with Gasteiger partial charge in [-0.3, -0.25) is 4.98 Å². The first kappa shape index (κ1) is 17.5. The highest BCUT2D eigenvalue weighted by Crippen LogP contribution is 2.31. The van der Waals surface area contributed by atoms with Gasteiger partial charge in [-0.2, -0.15) is 5.10 Å². The average molecular weight is 375 g/mol. The lowest BCUT2D eigenvalue weighted by Gasteiger charge is -2.15. The van der Waals surface area contributed by atoms with E-state index in [1.807, 2.05) is 31.2 Å². The standard InChI is InChI=1S/C20H18FN7/c1-11-8-9-25-16-7-4-13(10-15(11)16)17-18(12-2-5-14(21)6-3-12)26-20(22)28(24)19(17)27-23/h2-10H,23-24H2,1H3,(H2,22,26)/b27-19-. The molecule has 8 heteroatoms. The number of anilines is 1. The minimum atomic E-state index is -0.348. The number of hydrogen-bond donors (Lipinski definition) is 3. The van der Waals surface area contributed by atoms with Crippen LogP contribution >= 0.6 is 0 Å². The second kappa shape index (κ2) is 6.66. The zero-order chi connectivity index (χ0) is 19.8. The number of pyridine rings is 1. The summed E-state index contributed by atoms with van der Waals surface area (Å²) < 4.78 is 14.5. The molecule has 4 rings (SSSR count). The molecule has 4 aromatic rings. The Morgan fingerprint density at radius 2 is 1.75 bits per heavy atom. The quantitative estimate of drug-likeness (QED) is 0.367. The number of rotatable bonds is 2. The Kier molecular flexibility index (Phi) is 4.15. The molecule has 140 valence electrons. The van der Waals surface area contributed by atoms with E-state index in [4.69, 9.17) is 17.4 Å². The van der Waals surface area contributed by atoms with Crippen LogP contribution in [0.25, 0.3) is 33.3 Å². The van der Waals surface area contributed by atoms with Gasteiger partial charge < -0.3 is 17.4 Å². The van der Waals surface area contributed by atoms with Gasteiger partial charge in [0.05, 0.1) is 16.8 Å². The molecule has 2 aromatic carbocycles. The van der Waals surface area contributed by atoms with E-state index in [1.54, 1.807) is 18.3 Å². The van der Waals surface area contributed by atoms with Crippen LogP contribution in [0.15, 0.2) is 59.8 Å². The molecule has 0 saturated heterocycles. The molecule has 0 radical (unpaired) electrons. The van der Waals surface area contributed by atoms with Crippen LogP contribution in [-0.2, 0) is 0 Å². The van der Waals surface area contributed by atoms with Crippen LogP contribution in [0.3, 0.4) is 0 Å². The van der Waals surface area contributed by atoms with Crippen molar-refractivity contribution in [3.8, 4) is 22.4 Å². The summed E-state index contributed by atoms with van der Waals surface area (Å²) >= 11 is 0. The van der Waals surface area contributed by atoms with Crippen LogP contribution in [0.4, 0.5) is 10.3 Å². The Morgan fingerprint density at radius 1 is 1.04 bits per heavy atom. The van der Waals surface area contributed by atoms with Crippen molar-refractivity contribution in [1.82, 2.24) is 14.6 Å². The number of hydrogen-bond acceptors (Lipinski definition) is 6. The molecule has 0 unspecified atom stereocenters. The van der Waals surface area contributed by atoms with Crippen molar-refractivity contribution < 1.29 is 4.39 Å². The van der Waals surface area contributed by atoms with E-state index >= 15 is 0 Å². The lowest BCUT2D eigenvalue weighted by Crippen LogP contribution is -2.34. The molecular formula is C20H18FN7. The predicted molar refractivity (Wildman–Crippen MR) is 107 cm³/mol. The molecule has 2 aromatic heterocycles. The van der Waals surface area contributed by atoms with Crippen molar-refractivity contribution in [3.05, 3.63) is 71.6 Å². The van der Waals surface area contributed by atoms with Gasteiger partial charge in [0.1, 0.15) is 5.82 Å². The molecule has 0 spiro atoms. The van der Waals surface area contributed by atoms with Gasteiger partial charge in [0.2, 0.25) is 5.95 Å². The lowest BCUT2D eigenvalue weighted by atomic mass is 9.97. The van der Waals surface area contributed by atoms with Crippen LogP contribution < -0.4 is 22.9 Å². The summed E-state index contributed by atoms with van der Waals surface area (Å²) in [7, 11) is 0. The fourth-order valence-corrected chi connectivity index (χ4v) is 3.21. The second-order valence-electron chi connectivity index (χ2n) is 6.38. The van der Waals surface area contributed by atoms with E-state index < -0.39 is 0 Å². The number of nitrogens with zero attached hydrogens (tertiary/aromatic N) is 4. The van der Waals surface area contributed by atoms with Gasteiger partial charge in [-0.25, -0.2) is 14.1 Å². The summed E-state index contributed by atoms with van der Waals surface area (Å²) in [5.41, 5.74) is 10.7. The summed E-state index contributed by atoms with van der Waals surface area (Å²) in [6.07, 6.45) is 1.76. The first-order valence-corrected chi connectivity index (χ1v) is 8.53. The van der Waals surface area contributed by atoms with Gasteiger partial charge in [-0.05, 0) is 60.5 Å². The number of aromatic nitrogens is 3. The van der Waals surface area contributed by atoms with Gasteiger partial charge in [-0.1, -0.05) is 6.07 Å². The Morgan fingerprint density at radius 3 is 2.46 bits per heavy atom. The minimum Gasteiger partial charge on any atom is -0.368 e. The van der Waals surface area contributed by atoms with Crippen LogP contribution in [-0.4, -0.2) is 14.6 Å². The molecule has 0 saturated carbocycles. The van der Waals surface area contributed by atoms with Crippen molar-refractivity contribution in [2.24, 2.45) is 10.9 Å². The maximum atomic E-state index is 13.4. The molecule has 2 heterocycles. The number of nitrogen functional groups attached to an aromatic ring is 2. The smallest absolute Gasteiger partial charge is 0.221 e. The number of fused-ring (bicyclic) bond motifs is 1. The number of halogens is 1. The van der Waals surface area contributed by atoms with Gasteiger partial charge in [-0.15, -0.1) is 0 Å². The van der Waals surface area contributed by atoms with Gasteiger partial charge in [0.25, 0.3) is 0 Å². The molecule has 0 aliphatic rings. The molecule has 28 heavy (non-hydrogen) atoms. The zero-order valence-corrected chi connectivity index (χ0v) is 15.1. The summed E-state index contributed by atoms with van der Waals surface area (Å²) in [4.78, 5) is 8.81. The van der Waals surface area contributed by atoms with Crippen molar-refractivity contribution >= 4 is 16.9 Å². The molecule has 0 atom stereocenters. The number of nitrogens with two attached hydrogens (primary N) is 3. The molecular weight excluding hydrogens is 357 g/mol. The Labute approximate surface area is 159 Å². The highest BCUT2D eigenvalue weighted by molar-refractivity contribution is 5.90. The minimum absolute atomic E-state index is 0.0333. The van der Waals surface area contributed by atoms with Crippen molar-refractivity contribution in [1.29, 1.82) is 0 Å². The third-order valence-electron chi connectivity index (χ3n) is 4.65. The molecule has 6 N–H and O–H groups in total. The van der Waals surface area contributed by atoms with Crippen molar-refractivity contribution in [2.75, 3.05) is 11.6 Å². The van der Waals surface area contributed by atoms with Gasteiger partial charge >= 0.3 is 0 Å². The Bertz CT molecular complexity index is 1260. The van der Waals surface area contributed by atoms with Crippen LogP contribution in [0.2, 0.25) is 0 Å². The highest BCUT2D eigenvalue weighted by atomic mass is 19.1. The lowest BCUT2D eigenvalue weighted by molar-refractivity contribution is 0.628. The fourth-order valence-electron chi connectivity index (χ4n) is 3.21. The Hall–Kier alpha value is -3.94. The number of aryl methyl sites for hydroxylation is 1. The first-order valence-electron chi connectivity index (χ1n) is 8.53. The maximum Gasteiger partial charge on any atom is 0.221 e. The zero-order valence-electron chi connectivity index (χ0n) is 15.1. The van der Waals surface area contributed by atoms with E-state index in [-0.39, 0.29) is 17.3 Å². The third-order valence-corrected chi connectivity index (χ3v) is 4.65. The van der Waals surface area contributed by atoms with Crippen LogP contribution in [0.5, 0.6) is 0 Å². The van der Waals surface area contributed by atoms with E-state index in [0.29, 0.717) is 16.8 Å². The van der Waals surface area contributed by atoms with Crippen LogP contribution in [0.1, 0.15) is 5.56 Å². The molecule has 0 bridgehead atoms. The average Bonchev–Trinajstić information content (AvgIpc) is 2.70. The van der Waals surface area contributed by atoms with E-state index in [2.05, 4.69) is 15.1 Å². The summed E-state index contributed by atoms with van der Waals surface area (Å²) in [5.74, 6) is 11.4. The van der Waals surface area contributed by atoms with E-state index in [0.717, 1.165) is 26.7 Å². The van der Waals surface area contributed by atoms with E-state index in [1.165, 1.54) is 12.1 Å². The van der Waals surface area contributed by atoms with Crippen molar-refractivity contribution in [3.63, 3.8) is 0 Å². The second-order valence-corrected chi connectivity index (χ2v) is 6.38. The van der Waals surface area contributed by atoms with E-state index in [9.17, 15) is 4.39 Å². The number of benzene rings is 2. The molecule has 0 amide bonds. The Balaban J connectivity index is 2.09. The predicted octanol–water partition coefficient (Wildman–Crippen LogP) is 2.28. The normalized spacial score (nSPS) is 11.9.